The number of hydrogen-bond acceptors (Lipinski definition) is 3. The number of anilines is 1. The van der Waals surface area contributed by atoms with Crippen molar-refractivity contribution >= 4 is 32.5 Å². The molecular weight excluding hydrogens is 328 g/mol. The van der Waals surface area contributed by atoms with Gasteiger partial charge in [0, 0.05) is 27.4 Å². The van der Waals surface area contributed by atoms with Crippen molar-refractivity contribution in [1.29, 1.82) is 0 Å². The number of hydrogen-bond donors (Lipinski definition) is 1. The number of nitrogens with two attached hydrogens (primary N) is 1. The quantitative estimate of drug-likeness (QED) is 0.733. The van der Waals surface area contributed by atoms with Crippen LogP contribution >= 0.6 is 15.9 Å². The number of aryl methyl sites for hydroxylation is 2. The molecule has 0 atom stereocenters. The number of nitrogen functional groups attached to an aromatic ring is 1. The molecular formula is C16H17BrN4. The maximum Gasteiger partial charge on any atom is 0.0980 e. The molecule has 2 aromatic heterocycles. The summed E-state index contributed by atoms with van der Waals surface area (Å²) in [5.74, 6) is 0. The minimum atomic E-state index is 0.725. The summed E-state index contributed by atoms with van der Waals surface area (Å²) in [5, 5.41) is 5.64. The van der Waals surface area contributed by atoms with Crippen LogP contribution in [0.25, 0.3) is 16.6 Å². The van der Waals surface area contributed by atoms with Crippen LogP contribution in [0.1, 0.15) is 25.2 Å². The van der Waals surface area contributed by atoms with E-state index in [-0.39, 0.29) is 0 Å². The molecule has 3 aromatic rings. The highest BCUT2D eigenvalue weighted by Crippen LogP contribution is 2.28. The normalized spacial score (nSPS) is 11.2. The van der Waals surface area contributed by atoms with Gasteiger partial charge in [-0.2, -0.15) is 5.10 Å². The molecule has 5 heteroatoms. The van der Waals surface area contributed by atoms with Crippen LogP contribution in [-0.2, 0) is 12.8 Å². The fraction of sp³-hybridized carbons (Fsp3) is 0.250. The molecule has 0 aliphatic rings. The Morgan fingerprint density at radius 2 is 2.00 bits per heavy atom. The highest BCUT2D eigenvalue weighted by atomic mass is 79.9. The Hall–Kier alpha value is -1.88. The molecule has 0 saturated carbocycles. The van der Waals surface area contributed by atoms with Crippen molar-refractivity contribution in [3.05, 3.63) is 46.3 Å². The van der Waals surface area contributed by atoms with Crippen LogP contribution in [0.2, 0.25) is 0 Å². The highest BCUT2D eigenvalue weighted by Gasteiger charge is 2.13. The van der Waals surface area contributed by atoms with Gasteiger partial charge in [0.2, 0.25) is 0 Å². The highest BCUT2D eigenvalue weighted by molar-refractivity contribution is 9.10. The lowest BCUT2D eigenvalue weighted by Crippen LogP contribution is -2.04. The average Bonchev–Trinajstić information content (AvgIpc) is 2.91. The zero-order valence-corrected chi connectivity index (χ0v) is 13.7. The molecule has 0 aliphatic heterocycles. The summed E-state index contributed by atoms with van der Waals surface area (Å²) in [7, 11) is 0. The number of benzene rings is 1. The van der Waals surface area contributed by atoms with E-state index in [9.17, 15) is 0 Å². The van der Waals surface area contributed by atoms with Crippen LogP contribution in [0.15, 0.2) is 34.9 Å². The first-order valence-corrected chi connectivity index (χ1v) is 7.85. The van der Waals surface area contributed by atoms with E-state index in [4.69, 9.17) is 10.8 Å². The van der Waals surface area contributed by atoms with Crippen LogP contribution in [0.4, 0.5) is 5.69 Å². The molecule has 2 heterocycles. The van der Waals surface area contributed by atoms with E-state index < -0.39 is 0 Å². The van der Waals surface area contributed by atoms with Crippen LogP contribution in [-0.4, -0.2) is 14.8 Å². The second-order valence-electron chi connectivity index (χ2n) is 4.97. The van der Waals surface area contributed by atoms with Crippen molar-refractivity contribution in [3.63, 3.8) is 0 Å². The van der Waals surface area contributed by atoms with E-state index in [1.807, 2.05) is 22.9 Å². The van der Waals surface area contributed by atoms with Gasteiger partial charge in [-0.1, -0.05) is 13.8 Å². The van der Waals surface area contributed by atoms with E-state index in [0.717, 1.165) is 45.3 Å². The molecule has 4 nitrogen and oxygen atoms in total. The number of aromatic nitrogens is 3. The van der Waals surface area contributed by atoms with Gasteiger partial charge < -0.3 is 5.73 Å². The second-order valence-corrected chi connectivity index (χ2v) is 5.89. The Kier molecular flexibility index (Phi) is 3.68. The molecule has 108 valence electrons. The molecule has 0 amide bonds. The van der Waals surface area contributed by atoms with Crippen LogP contribution in [0.3, 0.4) is 0 Å². The standard InChI is InChI=1S/C16H17BrN4/c1-3-11-8-12(4-2)21(20-11)15-6-5-14(18)13-7-10(17)9-19-16(13)15/h5-9H,3-4,18H2,1-2H3. The lowest BCUT2D eigenvalue weighted by atomic mass is 10.1. The summed E-state index contributed by atoms with van der Waals surface area (Å²) < 4.78 is 2.91. The zero-order chi connectivity index (χ0) is 15.0. The summed E-state index contributed by atoms with van der Waals surface area (Å²) >= 11 is 3.45. The first-order chi connectivity index (χ1) is 10.1. The number of rotatable bonds is 3. The molecule has 0 bridgehead atoms. The van der Waals surface area contributed by atoms with E-state index in [1.54, 1.807) is 6.20 Å². The van der Waals surface area contributed by atoms with Crippen molar-refractivity contribution in [2.24, 2.45) is 0 Å². The average molecular weight is 345 g/mol. The van der Waals surface area contributed by atoms with Gasteiger partial charge in [-0.05, 0) is 53.0 Å². The van der Waals surface area contributed by atoms with Crippen LogP contribution < -0.4 is 5.73 Å². The van der Waals surface area contributed by atoms with Crippen molar-refractivity contribution in [2.45, 2.75) is 26.7 Å². The van der Waals surface area contributed by atoms with Gasteiger partial charge in [0.05, 0.1) is 16.9 Å². The van der Waals surface area contributed by atoms with Gasteiger partial charge >= 0.3 is 0 Å². The molecule has 3 rings (SSSR count). The molecule has 0 spiro atoms. The Morgan fingerprint density at radius 1 is 1.19 bits per heavy atom. The van der Waals surface area contributed by atoms with Gasteiger partial charge in [-0.25, -0.2) is 4.68 Å². The summed E-state index contributed by atoms with van der Waals surface area (Å²) in [5.41, 5.74) is 10.9. The summed E-state index contributed by atoms with van der Waals surface area (Å²) in [6.07, 6.45) is 3.64. The zero-order valence-electron chi connectivity index (χ0n) is 12.1. The fourth-order valence-electron chi connectivity index (χ4n) is 2.48. The Labute approximate surface area is 132 Å². The third-order valence-corrected chi connectivity index (χ3v) is 4.05. The summed E-state index contributed by atoms with van der Waals surface area (Å²) in [4.78, 5) is 4.54. The Bertz CT molecular complexity index is 807. The maximum atomic E-state index is 6.08. The summed E-state index contributed by atoms with van der Waals surface area (Å²) in [6.45, 7) is 4.25. The number of pyridine rings is 1. The lowest BCUT2D eigenvalue weighted by molar-refractivity contribution is 0.797. The SMILES string of the molecule is CCc1cc(CC)n(-c2ccc(N)c3cc(Br)cnc23)n1. The minimum Gasteiger partial charge on any atom is -0.398 e. The molecule has 0 aliphatic carbocycles. The number of nitrogens with zero attached hydrogens (tertiary/aromatic N) is 3. The smallest absolute Gasteiger partial charge is 0.0980 e. The Balaban J connectivity index is 2.30. The molecule has 0 radical (unpaired) electrons. The van der Waals surface area contributed by atoms with Gasteiger partial charge in [-0.3, -0.25) is 4.98 Å². The third-order valence-electron chi connectivity index (χ3n) is 3.62. The molecule has 21 heavy (non-hydrogen) atoms. The molecule has 2 N–H and O–H groups in total. The molecule has 0 unspecified atom stereocenters. The monoisotopic (exact) mass is 344 g/mol. The topological polar surface area (TPSA) is 56.7 Å². The van der Waals surface area contributed by atoms with Crippen molar-refractivity contribution < 1.29 is 0 Å². The minimum absolute atomic E-state index is 0.725. The van der Waals surface area contributed by atoms with E-state index in [1.165, 1.54) is 5.69 Å². The summed E-state index contributed by atoms with van der Waals surface area (Å²) in [6, 6.07) is 8.06. The second kappa shape index (κ2) is 5.48. The van der Waals surface area contributed by atoms with Crippen molar-refractivity contribution in [1.82, 2.24) is 14.8 Å². The van der Waals surface area contributed by atoms with Crippen LogP contribution in [0.5, 0.6) is 0 Å². The fourth-order valence-corrected chi connectivity index (χ4v) is 2.81. The molecule has 0 fully saturated rings. The van der Waals surface area contributed by atoms with E-state index >= 15 is 0 Å². The molecule has 0 saturated heterocycles. The van der Waals surface area contributed by atoms with E-state index in [2.05, 4.69) is 40.8 Å². The van der Waals surface area contributed by atoms with Crippen molar-refractivity contribution in [3.8, 4) is 5.69 Å². The first-order valence-electron chi connectivity index (χ1n) is 7.06. The van der Waals surface area contributed by atoms with E-state index in [0.29, 0.717) is 0 Å². The Morgan fingerprint density at radius 3 is 2.71 bits per heavy atom. The maximum absolute atomic E-state index is 6.08. The van der Waals surface area contributed by atoms with Gasteiger partial charge in [-0.15, -0.1) is 0 Å². The van der Waals surface area contributed by atoms with Crippen LogP contribution in [0, 0.1) is 0 Å². The third kappa shape index (κ3) is 2.42. The van der Waals surface area contributed by atoms with Crippen molar-refractivity contribution in [2.75, 3.05) is 5.73 Å². The van der Waals surface area contributed by atoms with Gasteiger partial charge in [0.15, 0.2) is 0 Å². The number of fused-ring (bicyclic) bond motifs is 1. The lowest BCUT2D eigenvalue weighted by Gasteiger charge is -2.11. The largest absolute Gasteiger partial charge is 0.398 e. The predicted octanol–water partition coefficient (Wildman–Crippen LogP) is 3.89. The first kappa shape index (κ1) is 14.1. The van der Waals surface area contributed by atoms with Gasteiger partial charge in [0.25, 0.3) is 0 Å². The van der Waals surface area contributed by atoms with Gasteiger partial charge in [0.1, 0.15) is 0 Å². The predicted molar refractivity (Wildman–Crippen MR) is 89.7 cm³/mol. The molecule has 1 aromatic carbocycles. The number of halogens is 1.